The van der Waals surface area contributed by atoms with Crippen LogP contribution in [-0.2, 0) is 22.6 Å². The van der Waals surface area contributed by atoms with E-state index in [0.29, 0.717) is 19.4 Å². The minimum absolute atomic E-state index is 0.0825. The van der Waals surface area contributed by atoms with Crippen LogP contribution in [0.3, 0.4) is 0 Å². The van der Waals surface area contributed by atoms with Crippen LogP contribution in [0.25, 0.3) is 0 Å². The molecule has 0 saturated carbocycles. The summed E-state index contributed by atoms with van der Waals surface area (Å²) in [7, 11) is 0. The highest BCUT2D eigenvalue weighted by Gasteiger charge is 2.40. The van der Waals surface area contributed by atoms with Crippen LogP contribution in [-0.4, -0.2) is 34.7 Å². The largest absolute Gasteiger partial charge is 0.465 e. The zero-order chi connectivity index (χ0) is 18.5. The van der Waals surface area contributed by atoms with Crippen LogP contribution in [0.5, 0.6) is 0 Å². The molecule has 0 bridgehead atoms. The second-order valence-corrected chi connectivity index (χ2v) is 7.30. The van der Waals surface area contributed by atoms with E-state index >= 15 is 0 Å². The molecule has 1 aliphatic heterocycles. The van der Waals surface area contributed by atoms with Crippen LogP contribution < -0.4 is 0 Å². The number of hydrogen-bond acceptors (Lipinski definition) is 3. The van der Waals surface area contributed by atoms with Gasteiger partial charge in [-0.25, -0.2) is 9.59 Å². The van der Waals surface area contributed by atoms with E-state index in [2.05, 4.69) is 15.9 Å². The molecule has 1 saturated heterocycles. The molecule has 0 aliphatic carbocycles. The summed E-state index contributed by atoms with van der Waals surface area (Å²) in [6.07, 6.45) is 0.107. The molecule has 6 heteroatoms. The van der Waals surface area contributed by atoms with Gasteiger partial charge in [0.1, 0.15) is 12.6 Å². The van der Waals surface area contributed by atoms with Gasteiger partial charge in [0.15, 0.2) is 0 Å². The van der Waals surface area contributed by atoms with Gasteiger partial charge in [-0.2, -0.15) is 0 Å². The maximum Gasteiger partial charge on any atom is 0.408 e. The van der Waals surface area contributed by atoms with Crippen LogP contribution in [0, 0.1) is 5.92 Å². The van der Waals surface area contributed by atoms with Crippen LogP contribution >= 0.6 is 15.9 Å². The number of carbonyl (C=O) groups is 2. The minimum Gasteiger partial charge on any atom is -0.465 e. The fourth-order valence-corrected chi connectivity index (χ4v) is 3.75. The van der Waals surface area contributed by atoms with Gasteiger partial charge in [-0.05, 0) is 36.0 Å². The van der Waals surface area contributed by atoms with Crippen LogP contribution in [0.4, 0.5) is 4.79 Å². The van der Waals surface area contributed by atoms with Crippen molar-refractivity contribution < 1.29 is 19.4 Å². The number of halogens is 1. The van der Waals surface area contributed by atoms with Crippen molar-refractivity contribution in [3.05, 3.63) is 70.2 Å². The van der Waals surface area contributed by atoms with Gasteiger partial charge in [-0.1, -0.05) is 64.5 Å². The Morgan fingerprint density at radius 1 is 1.12 bits per heavy atom. The summed E-state index contributed by atoms with van der Waals surface area (Å²) in [6, 6.07) is 16.5. The van der Waals surface area contributed by atoms with E-state index in [1.54, 1.807) is 0 Å². The molecular weight excluding hydrogens is 398 g/mol. The lowest BCUT2D eigenvalue weighted by Crippen LogP contribution is -2.40. The lowest BCUT2D eigenvalue weighted by molar-refractivity contribution is -0.149. The number of hydrogen-bond donors (Lipinski definition) is 1. The quantitative estimate of drug-likeness (QED) is 0.743. The molecule has 1 aliphatic rings. The average molecular weight is 418 g/mol. The van der Waals surface area contributed by atoms with Gasteiger partial charge >= 0.3 is 12.1 Å². The van der Waals surface area contributed by atoms with Crippen LogP contribution in [0.2, 0.25) is 0 Å². The summed E-state index contributed by atoms with van der Waals surface area (Å²) in [5, 5.41) is 9.47. The molecule has 136 valence electrons. The fourth-order valence-electron chi connectivity index (χ4n) is 3.31. The molecule has 1 fully saturated rings. The van der Waals surface area contributed by atoms with Gasteiger partial charge in [0.25, 0.3) is 0 Å². The van der Waals surface area contributed by atoms with Crippen molar-refractivity contribution in [3.63, 3.8) is 0 Å². The van der Waals surface area contributed by atoms with Crippen molar-refractivity contribution in [2.45, 2.75) is 25.5 Å². The van der Waals surface area contributed by atoms with Gasteiger partial charge < -0.3 is 9.84 Å². The Balaban J connectivity index is 1.64. The number of nitrogens with zero attached hydrogens (tertiary/aromatic N) is 1. The summed E-state index contributed by atoms with van der Waals surface area (Å²) in [4.78, 5) is 25.2. The third-order valence-corrected chi connectivity index (χ3v) is 5.37. The normalized spacial score (nSPS) is 19.3. The van der Waals surface area contributed by atoms with E-state index in [4.69, 9.17) is 4.74 Å². The number of benzene rings is 2. The van der Waals surface area contributed by atoms with E-state index in [0.717, 1.165) is 15.6 Å². The lowest BCUT2D eigenvalue weighted by Gasteiger charge is -2.19. The van der Waals surface area contributed by atoms with Gasteiger partial charge in [-0.15, -0.1) is 0 Å². The molecular formula is C20H20BrNO4. The van der Waals surface area contributed by atoms with Crippen molar-refractivity contribution in [2.75, 3.05) is 6.54 Å². The highest BCUT2D eigenvalue weighted by Crippen LogP contribution is 2.29. The van der Waals surface area contributed by atoms with E-state index in [-0.39, 0.29) is 12.5 Å². The van der Waals surface area contributed by atoms with E-state index in [9.17, 15) is 14.7 Å². The van der Waals surface area contributed by atoms with Crippen molar-refractivity contribution in [1.82, 2.24) is 4.90 Å². The van der Waals surface area contributed by atoms with Crippen molar-refractivity contribution >= 4 is 28.0 Å². The summed E-state index contributed by atoms with van der Waals surface area (Å²) in [6.45, 7) is 0.486. The van der Waals surface area contributed by atoms with Crippen molar-refractivity contribution in [3.8, 4) is 0 Å². The zero-order valence-electron chi connectivity index (χ0n) is 14.2. The van der Waals surface area contributed by atoms with Gasteiger partial charge in [-0.3, -0.25) is 4.90 Å². The third kappa shape index (κ3) is 4.43. The second kappa shape index (κ2) is 8.36. The van der Waals surface area contributed by atoms with E-state index < -0.39 is 18.1 Å². The predicted octanol–water partition coefficient (Wildman–Crippen LogP) is 4.10. The Kier molecular flexibility index (Phi) is 5.93. The first-order valence-corrected chi connectivity index (χ1v) is 9.27. The molecule has 0 aromatic heterocycles. The van der Waals surface area contributed by atoms with Crippen LogP contribution in [0.1, 0.15) is 17.5 Å². The minimum atomic E-state index is -1.08. The lowest BCUT2D eigenvalue weighted by atomic mass is 9.97. The Bertz CT molecular complexity index is 780. The number of carbonyl (C=O) groups excluding carboxylic acids is 1. The van der Waals surface area contributed by atoms with E-state index in [1.807, 2.05) is 54.6 Å². The Hall–Kier alpha value is -2.34. The maximum atomic E-state index is 12.5. The molecule has 2 aromatic carbocycles. The standard InChI is InChI=1S/C20H20BrNO4/c21-17-9-5-4-8-16(17)10-15-11-18(22(12-15)20(24)25)19(23)26-13-14-6-2-1-3-7-14/h1-9,15,18H,10-13H2,(H,24,25)/t15-,18+/m0/s1. The van der Waals surface area contributed by atoms with Crippen LogP contribution in [0.15, 0.2) is 59.1 Å². The van der Waals surface area contributed by atoms with Crippen molar-refractivity contribution in [2.24, 2.45) is 5.92 Å². The molecule has 0 unspecified atom stereocenters. The second-order valence-electron chi connectivity index (χ2n) is 6.44. The number of amides is 1. The molecule has 0 spiro atoms. The van der Waals surface area contributed by atoms with Gasteiger partial charge in [0.05, 0.1) is 0 Å². The average Bonchev–Trinajstić information content (AvgIpc) is 3.07. The number of ether oxygens (including phenoxy) is 1. The number of likely N-dealkylation sites (tertiary alicyclic amines) is 1. The molecule has 3 rings (SSSR count). The van der Waals surface area contributed by atoms with E-state index in [1.165, 1.54) is 4.90 Å². The molecule has 2 atom stereocenters. The first-order valence-electron chi connectivity index (χ1n) is 8.48. The first kappa shape index (κ1) is 18.5. The molecule has 0 radical (unpaired) electrons. The smallest absolute Gasteiger partial charge is 0.408 e. The topological polar surface area (TPSA) is 66.8 Å². The maximum absolute atomic E-state index is 12.5. The third-order valence-electron chi connectivity index (χ3n) is 4.60. The number of carboxylic acid groups (broad SMARTS) is 1. The fraction of sp³-hybridized carbons (Fsp3) is 0.300. The summed E-state index contributed by atoms with van der Waals surface area (Å²) in [5.41, 5.74) is 1.99. The Morgan fingerprint density at radius 2 is 1.81 bits per heavy atom. The van der Waals surface area contributed by atoms with Crippen molar-refractivity contribution in [1.29, 1.82) is 0 Å². The Morgan fingerprint density at radius 3 is 2.50 bits per heavy atom. The summed E-state index contributed by atoms with van der Waals surface area (Å²) in [5.74, 6) is -0.398. The monoisotopic (exact) mass is 417 g/mol. The number of esters is 1. The van der Waals surface area contributed by atoms with Gasteiger partial charge in [0, 0.05) is 11.0 Å². The summed E-state index contributed by atoms with van der Waals surface area (Å²) >= 11 is 3.52. The highest BCUT2D eigenvalue weighted by molar-refractivity contribution is 9.10. The SMILES string of the molecule is O=C(OCc1ccccc1)[C@H]1C[C@H](Cc2ccccc2Br)CN1C(=O)O. The van der Waals surface area contributed by atoms with Gasteiger partial charge in [0.2, 0.25) is 0 Å². The Labute approximate surface area is 160 Å². The molecule has 1 N–H and O–H groups in total. The highest BCUT2D eigenvalue weighted by atomic mass is 79.9. The predicted molar refractivity (Wildman–Crippen MR) is 101 cm³/mol. The summed E-state index contributed by atoms with van der Waals surface area (Å²) < 4.78 is 6.36. The first-order chi connectivity index (χ1) is 12.5. The molecule has 1 heterocycles. The number of rotatable bonds is 5. The zero-order valence-corrected chi connectivity index (χ0v) is 15.8. The molecule has 26 heavy (non-hydrogen) atoms. The molecule has 2 aromatic rings. The molecule has 1 amide bonds. The molecule has 5 nitrogen and oxygen atoms in total.